The summed E-state index contributed by atoms with van der Waals surface area (Å²) < 4.78 is 5.04. The van der Waals surface area contributed by atoms with E-state index in [9.17, 15) is 9.59 Å². The Hall–Kier alpha value is -2.47. The lowest BCUT2D eigenvalue weighted by Gasteiger charge is -2.18. The molecule has 0 spiro atoms. The van der Waals surface area contributed by atoms with Crippen molar-refractivity contribution in [2.75, 3.05) is 26.8 Å². The minimum Gasteiger partial charge on any atom is -0.383 e. The maximum Gasteiger partial charge on any atom is 0.252 e. The largest absolute Gasteiger partial charge is 0.383 e. The number of rotatable bonds is 5. The van der Waals surface area contributed by atoms with Gasteiger partial charge in [-0.2, -0.15) is 0 Å². The number of benzene rings is 1. The molecule has 2 amide bonds. The van der Waals surface area contributed by atoms with Crippen LogP contribution in [-0.2, 0) is 9.53 Å². The Morgan fingerprint density at radius 3 is 2.85 bits per heavy atom. The SMILES string of the molecule is COCCN1CC(NC(=O)c2c(C)c(C)nc3ccc(C)cc23)CC1=O. The lowest BCUT2D eigenvalue weighted by atomic mass is 9.99. The third kappa shape index (κ3) is 3.55. The number of fused-ring (bicyclic) bond motifs is 1. The molecule has 1 fully saturated rings. The first kappa shape index (κ1) is 18.3. The van der Waals surface area contributed by atoms with E-state index in [0.29, 0.717) is 31.7 Å². The fraction of sp³-hybridized carbons (Fsp3) is 0.450. The lowest BCUT2D eigenvalue weighted by molar-refractivity contribution is -0.128. The molecular weight excluding hydrogens is 330 g/mol. The molecule has 1 aliphatic rings. The van der Waals surface area contributed by atoms with E-state index in [0.717, 1.165) is 27.7 Å². The van der Waals surface area contributed by atoms with Crippen molar-refractivity contribution in [2.24, 2.45) is 0 Å². The van der Waals surface area contributed by atoms with E-state index < -0.39 is 0 Å². The standard InChI is InChI=1S/C20H25N3O3/c1-12-5-6-17-16(9-12)19(13(2)14(3)21-17)20(25)22-15-10-18(24)23(11-15)7-8-26-4/h5-6,9,15H,7-8,10-11H2,1-4H3,(H,22,25). The number of aryl methyl sites for hydroxylation is 2. The van der Waals surface area contributed by atoms with Crippen LogP contribution >= 0.6 is 0 Å². The molecule has 0 radical (unpaired) electrons. The minimum atomic E-state index is -0.181. The third-order valence-electron chi connectivity index (χ3n) is 4.97. The molecule has 1 atom stereocenters. The van der Waals surface area contributed by atoms with Crippen molar-refractivity contribution >= 4 is 22.7 Å². The van der Waals surface area contributed by atoms with Crippen LogP contribution in [0, 0.1) is 20.8 Å². The molecule has 1 aromatic heterocycles. The first-order valence-corrected chi connectivity index (χ1v) is 8.86. The number of carbonyl (C=O) groups excluding carboxylic acids is 2. The van der Waals surface area contributed by atoms with Crippen molar-refractivity contribution in [3.63, 3.8) is 0 Å². The molecule has 0 bridgehead atoms. The van der Waals surface area contributed by atoms with Crippen molar-refractivity contribution in [3.8, 4) is 0 Å². The van der Waals surface area contributed by atoms with Crippen LogP contribution in [-0.4, -0.2) is 54.5 Å². The van der Waals surface area contributed by atoms with E-state index in [1.807, 2.05) is 39.0 Å². The van der Waals surface area contributed by atoms with Crippen LogP contribution in [0.25, 0.3) is 10.9 Å². The Balaban J connectivity index is 1.85. The number of ether oxygens (including phenoxy) is 1. The quantitative estimate of drug-likeness (QED) is 0.892. The van der Waals surface area contributed by atoms with Crippen LogP contribution < -0.4 is 5.32 Å². The van der Waals surface area contributed by atoms with Gasteiger partial charge in [0, 0.05) is 37.7 Å². The zero-order chi connectivity index (χ0) is 18.8. The maximum absolute atomic E-state index is 13.0. The van der Waals surface area contributed by atoms with Gasteiger partial charge < -0.3 is 15.0 Å². The predicted molar refractivity (Wildman–Crippen MR) is 100 cm³/mol. The molecular formula is C20H25N3O3. The van der Waals surface area contributed by atoms with Gasteiger partial charge >= 0.3 is 0 Å². The van der Waals surface area contributed by atoms with Crippen molar-refractivity contribution in [2.45, 2.75) is 33.2 Å². The van der Waals surface area contributed by atoms with E-state index in [4.69, 9.17) is 4.74 Å². The number of pyridine rings is 1. The first-order valence-electron chi connectivity index (χ1n) is 8.86. The van der Waals surface area contributed by atoms with Gasteiger partial charge in [-0.1, -0.05) is 11.6 Å². The highest BCUT2D eigenvalue weighted by atomic mass is 16.5. The molecule has 6 heteroatoms. The zero-order valence-electron chi connectivity index (χ0n) is 15.8. The molecule has 1 N–H and O–H groups in total. The number of nitrogens with zero attached hydrogens (tertiary/aromatic N) is 2. The normalized spacial score (nSPS) is 17.2. The fourth-order valence-electron chi connectivity index (χ4n) is 3.43. The first-order chi connectivity index (χ1) is 12.4. The molecule has 2 heterocycles. The van der Waals surface area contributed by atoms with E-state index in [1.165, 1.54) is 0 Å². The summed E-state index contributed by atoms with van der Waals surface area (Å²) in [6.07, 6.45) is 0.329. The van der Waals surface area contributed by atoms with Gasteiger partial charge in [-0.3, -0.25) is 14.6 Å². The topological polar surface area (TPSA) is 71.5 Å². The second-order valence-electron chi connectivity index (χ2n) is 6.92. The average molecular weight is 355 g/mol. The molecule has 138 valence electrons. The Labute approximate surface area is 153 Å². The highest BCUT2D eigenvalue weighted by molar-refractivity contribution is 6.08. The summed E-state index contributed by atoms with van der Waals surface area (Å²) in [6.45, 7) is 7.41. The van der Waals surface area contributed by atoms with E-state index in [-0.39, 0.29) is 17.9 Å². The van der Waals surface area contributed by atoms with Gasteiger partial charge in [0.15, 0.2) is 0 Å². The van der Waals surface area contributed by atoms with E-state index in [1.54, 1.807) is 12.0 Å². The summed E-state index contributed by atoms with van der Waals surface area (Å²) in [6, 6.07) is 5.75. The fourth-order valence-corrected chi connectivity index (χ4v) is 3.43. The Morgan fingerprint density at radius 2 is 2.12 bits per heavy atom. The summed E-state index contributed by atoms with van der Waals surface area (Å²) in [5.74, 6) is -0.0920. The highest BCUT2D eigenvalue weighted by Gasteiger charge is 2.31. The molecule has 0 aliphatic carbocycles. The second-order valence-corrected chi connectivity index (χ2v) is 6.92. The summed E-state index contributed by atoms with van der Waals surface area (Å²) in [4.78, 5) is 31.5. The highest BCUT2D eigenvalue weighted by Crippen LogP contribution is 2.24. The van der Waals surface area contributed by atoms with Crippen LogP contribution in [0.5, 0.6) is 0 Å². The number of methoxy groups -OCH3 is 1. The van der Waals surface area contributed by atoms with Gasteiger partial charge in [-0.05, 0) is 38.5 Å². The van der Waals surface area contributed by atoms with Crippen molar-refractivity contribution in [1.82, 2.24) is 15.2 Å². The molecule has 1 aliphatic heterocycles. The monoisotopic (exact) mass is 355 g/mol. The van der Waals surface area contributed by atoms with Gasteiger partial charge in [-0.15, -0.1) is 0 Å². The average Bonchev–Trinajstić information content (AvgIpc) is 2.93. The zero-order valence-corrected chi connectivity index (χ0v) is 15.8. The van der Waals surface area contributed by atoms with E-state index in [2.05, 4.69) is 10.3 Å². The third-order valence-corrected chi connectivity index (χ3v) is 4.97. The van der Waals surface area contributed by atoms with Gasteiger partial charge in [0.05, 0.1) is 23.7 Å². The lowest BCUT2D eigenvalue weighted by Crippen LogP contribution is -2.38. The molecule has 1 unspecified atom stereocenters. The van der Waals surface area contributed by atoms with Crippen molar-refractivity contribution in [3.05, 3.63) is 40.6 Å². The van der Waals surface area contributed by atoms with Crippen LogP contribution in [0.1, 0.15) is 33.6 Å². The van der Waals surface area contributed by atoms with Crippen molar-refractivity contribution in [1.29, 1.82) is 0 Å². The maximum atomic E-state index is 13.0. The second kappa shape index (κ2) is 7.41. The predicted octanol–water partition coefficient (Wildman–Crippen LogP) is 2.14. The van der Waals surface area contributed by atoms with Gasteiger partial charge in [-0.25, -0.2) is 0 Å². The number of carbonyl (C=O) groups is 2. The molecule has 26 heavy (non-hydrogen) atoms. The Kier molecular flexibility index (Phi) is 5.23. The van der Waals surface area contributed by atoms with E-state index >= 15 is 0 Å². The number of nitrogens with one attached hydrogen (secondary N) is 1. The Morgan fingerprint density at radius 1 is 1.35 bits per heavy atom. The summed E-state index contributed by atoms with van der Waals surface area (Å²) in [5, 5.41) is 3.89. The molecule has 6 nitrogen and oxygen atoms in total. The summed E-state index contributed by atoms with van der Waals surface area (Å²) >= 11 is 0. The van der Waals surface area contributed by atoms with Crippen LogP contribution in [0.4, 0.5) is 0 Å². The number of aromatic nitrogens is 1. The van der Waals surface area contributed by atoms with Crippen molar-refractivity contribution < 1.29 is 14.3 Å². The number of hydrogen-bond donors (Lipinski definition) is 1. The number of amides is 2. The van der Waals surface area contributed by atoms with Crippen LogP contribution in [0.15, 0.2) is 18.2 Å². The molecule has 0 saturated carbocycles. The minimum absolute atomic E-state index is 0.0516. The Bertz CT molecular complexity index is 863. The summed E-state index contributed by atoms with van der Waals surface area (Å²) in [5.41, 5.74) is 4.27. The van der Waals surface area contributed by atoms with Crippen LogP contribution in [0.2, 0.25) is 0 Å². The molecule has 2 aromatic rings. The van der Waals surface area contributed by atoms with Gasteiger partial charge in [0.2, 0.25) is 5.91 Å². The number of hydrogen-bond acceptors (Lipinski definition) is 4. The molecule has 1 saturated heterocycles. The van der Waals surface area contributed by atoms with Gasteiger partial charge in [0.1, 0.15) is 0 Å². The van der Waals surface area contributed by atoms with Crippen LogP contribution in [0.3, 0.4) is 0 Å². The smallest absolute Gasteiger partial charge is 0.252 e. The van der Waals surface area contributed by atoms with Gasteiger partial charge in [0.25, 0.3) is 5.91 Å². The number of likely N-dealkylation sites (tertiary alicyclic amines) is 1. The summed E-state index contributed by atoms with van der Waals surface area (Å²) in [7, 11) is 1.61. The molecule has 1 aromatic carbocycles. The molecule has 3 rings (SSSR count).